The zero-order valence-electron chi connectivity index (χ0n) is 8.54. The lowest BCUT2D eigenvalue weighted by Crippen LogP contribution is -2.33. The minimum atomic E-state index is 0.481. The lowest BCUT2D eigenvalue weighted by atomic mass is 10.00. The summed E-state index contributed by atoms with van der Waals surface area (Å²) < 4.78 is 0. The molecular weight excluding hydrogens is 212 g/mol. The average molecular weight is 227 g/mol. The molecule has 0 saturated carbocycles. The van der Waals surface area contributed by atoms with Crippen LogP contribution in [0.3, 0.4) is 0 Å². The molecule has 82 valence electrons. The lowest BCUT2D eigenvalue weighted by Gasteiger charge is -2.22. The van der Waals surface area contributed by atoms with Crippen molar-refractivity contribution in [1.29, 1.82) is 0 Å². The van der Waals surface area contributed by atoms with E-state index in [1.807, 2.05) is 0 Å². The zero-order chi connectivity index (χ0) is 10.5. The molecule has 1 atom stereocenters. The van der Waals surface area contributed by atoms with Crippen molar-refractivity contribution >= 4 is 17.4 Å². The number of rotatable bonds is 3. The van der Waals surface area contributed by atoms with Gasteiger partial charge in [-0.1, -0.05) is 11.6 Å². The Hall–Kier alpha value is -0.870. The first-order valence-corrected chi connectivity index (χ1v) is 5.64. The Bertz CT molecular complexity index is 312. The molecule has 4 nitrogen and oxygen atoms in total. The summed E-state index contributed by atoms with van der Waals surface area (Å²) >= 11 is 5.76. The second kappa shape index (κ2) is 5.28. The van der Waals surface area contributed by atoms with E-state index in [-0.39, 0.29) is 0 Å². The predicted molar refractivity (Wildman–Crippen MR) is 61.1 cm³/mol. The second-order valence-corrected chi connectivity index (χ2v) is 4.21. The van der Waals surface area contributed by atoms with Gasteiger partial charge in [-0.2, -0.15) is 0 Å². The normalized spacial score (nSPS) is 21.3. The summed E-state index contributed by atoms with van der Waals surface area (Å²) in [6.07, 6.45) is 4.01. The monoisotopic (exact) mass is 226 g/mol. The Morgan fingerprint density at radius 1 is 1.53 bits per heavy atom. The molecule has 0 aliphatic carbocycles. The minimum Gasteiger partial charge on any atom is -0.370 e. The fourth-order valence-electron chi connectivity index (χ4n) is 1.78. The molecule has 1 aliphatic rings. The van der Waals surface area contributed by atoms with Gasteiger partial charge < -0.3 is 10.6 Å². The molecule has 0 radical (unpaired) electrons. The number of aromatic nitrogens is 2. The van der Waals surface area contributed by atoms with Crippen LogP contribution in [0.1, 0.15) is 12.8 Å². The molecule has 0 spiro atoms. The molecule has 1 unspecified atom stereocenters. The quantitative estimate of drug-likeness (QED) is 0.768. The van der Waals surface area contributed by atoms with Crippen LogP contribution in [0.4, 0.5) is 5.82 Å². The lowest BCUT2D eigenvalue weighted by molar-refractivity contribution is 0.392. The first-order valence-electron chi connectivity index (χ1n) is 5.27. The average Bonchev–Trinajstić information content (AvgIpc) is 2.28. The van der Waals surface area contributed by atoms with E-state index >= 15 is 0 Å². The van der Waals surface area contributed by atoms with Gasteiger partial charge >= 0.3 is 0 Å². The van der Waals surface area contributed by atoms with Crippen molar-refractivity contribution in [2.45, 2.75) is 12.8 Å². The maximum absolute atomic E-state index is 5.76. The van der Waals surface area contributed by atoms with E-state index in [2.05, 4.69) is 20.6 Å². The van der Waals surface area contributed by atoms with Crippen molar-refractivity contribution in [1.82, 2.24) is 15.3 Å². The Balaban J connectivity index is 1.81. The minimum absolute atomic E-state index is 0.481. The van der Waals surface area contributed by atoms with Gasteiger partial charge in [0.25, 0.3) is 0 Å². The molecular formula is C10H15ClN4. The van der Waals surface area contributed by atoms with Crippen LogP contribution >= 0.6 is 11.6 Å². The summed E-state index contributed by atoms with van der Waals surface area (Å²) in [7, 11) is 0. The van der Waals surface area contributed by atoms with Crippen molar-refractivity contribution < 1.29 is 0 Å². The third kappa shape index (κ3) is 3.32. The summed E-state index contributed by atoms with van der Waals surface area (Å²) in [5.41, 5.74) is 0. The van der Waals surface area contributed by atoms with Crippen LogP contribution < -0.4 is 10.6 Å². The van der Waals surface area contributed by atoms with Gasteiger partial charge in [0.15, 0.2) is 0 Å². The molecule has 1 fully saturated rings. The van der Waals surface area contributed by atoms with Gasteiger partial charge in [0, 0.05) is 12.6 Å². The molecule has 1 aliphatic heterocycles. The van der Waals surface area contributed by atoms with Crippen molar-refractivity contribution in [2.75, 3.05) is 25.0 Å². The summed E-state index contributed by atoms with van der Waals surface area (Å²) in [5, 5.41) is 7.14. The van der Waals surface area contributed by atoms with Gasteiger partial charge in [-0.25, -0.2) is 9.97 Å². The molecule has 1 saturated heterocycles. The van der Waals surface area contributed by atoms with E-state index in [0.717, 1.165) is 25.5 Å². The molecule has 2 rings (SSSR count). The number of anilines is 1. The largest absolute Gasteiger partial charge is 0.370 e. The van der Waals surface area contributed by atoms with Gasteiger partial charge in [-0.05, 0) is 31.8 Å². The van der Waals surface area contributed by atoms with Crippen molar-refractivity contribution in [3.63, 3.8) is 0 Å². The molecule has 1 aromatic heterocycles. The van der Waals surface area contributed by atoms with Crippen LogP contribution in [0.2, 0.25) is 5.15 Å². The Kier molecular flexibility index (Phi) is 3.75. The number of hydrogen-bond donors (Lipinski definition) is 2. The van der Waals surface area contributed by atoms with Crippen LogP contribution in [0.15, 0.2) is 12.4 Å². The van der Waals surface area contributed by atoms with Crippen LogP contribution in [-0.4, -0.2) is 29.6 Å². The molecule has 1 aromatic rings. The van der Waals surface area contributed by atoms with Crippen molar-refractivity contribution in [2.24, 2.45) is 5.92 Å². The highest BCUT2D eigenvalue weighted by molar-refractivity contribution is 6.29. The van der Waals surface area contributed by atoms with Gasteiger partial charge in [0.1, 0.15) is 17.3 Å². The molecule has 5 heteroatoms. The van der Waals surface area contributed by atoms with Gasteiger partial charge in [-0.3, -0.25) is 0 Å². The second-order valence-electron chi connectivity index (χ2n) is 3.82. The van der Waals surface area contributed by atoms with E-state index in [1.165, 1.54) is 19.2 Å². The first-order chi connectivity index (χ1) is 7.34. The number of halogens is 1. The fourth-order valence-corrected chi connectivity index (χ4v) is 1.92. The highest BCUT2D eigenvalue weighted by atomic mass is 35.5. The Morgan fingerprint density at radius 3 is 3.20 bits per heavy atom. The van der Waals surface area contributed by atoms with Crippen molar-refractivity contribution in [3.05, 3.63) is 17.5 Å². The third-order valence-electron chi connectivity index (χ3n) is 2.60. The molecule has 0 amide bonds. The molecule has 2 N–H and O–H groups in total. The van der Waals surface area contributed by atoms with Crippen LogP contribution in [-0.2, 0) is 0 Å². The number of nitrogens with zero attached hydrogens (tertiary/aromatic N) is 2. The molecule has 2 heterocycles. The van der Waals surface area contributed by atoms with Crippen LogP contribution in [0.25, 0.3) is 0 Å². The maximum atomic E-state index is 5.76. The maximum Gasteiger partial charge on any atom is 0.134 e. The molecule has 0 aromatic carbocycles. The Labute approximate surface area is 94.5 Å². The van der Waals surface area contributed by atoms with Gasteiger partial charge in [-0.15, -0.1) is 0 Å². The van der Waals surface area contributed by atoms with Crippen LogP contribution in [0, 0.1) is 5.92 Å². The highest BCUT2D eigenvalue weighted by Gasteiger charge is 2.12. The summed E-state index contributed by atoms with van der Waals surface area (Å²) in [5.74, 6) is 1.49. The SMILES string of the molecule is Clc1cc(NCC2CCCNC2)ncn1. The predicted octanol–water partition coefficient (Wildman–Crippen LogP) is 1.54. The smallest absolute Gasteiger partial charge is 0.134 e. The summed E-state index contributed by atoms with van der Waals surface area (Å²) in [4.78, 5) is 7.93. The van der Waals surface area contributed by atoms with Crippen LogP contribution in [0.5, 0.6) is 0 Å². The molecule has 0 bridgehead atoms. The summed E-state index contributed by atoms with van der Waals surface area (Å²) in [6.45, 7) is 3.18. The van der Waals surface area contributed by atoms with E-state index in [1.54, 1.807) is 6.07 Å². The third-order valence-corrected chi connectivity index (χ3v) is 2.81. The van der Waals surface area contributed by atoms with E-state index in [0.29, 0.717) is 11.1 Å². The first kappa shape index (κ1) is 10.6. The number of nitrogens with one attached hydrogen (secondary N) is 2. The zero-order valence-corrected chi connectivity index (χ0v) is 9.30. The molecule has 15 heavy (non-hydrogen) atoms. The number of hydrogen-bond acceptors (Lipinski definition) is 4. The standard InChI is InChI=1S/C10H15ClN4/c11-9-4-10(15-7-14-9)13-6-8-2-1-3-12-5-8/h4,7-8,12H,1-3,5-6H2,(H,13,14,15). The van der Waals surface area contributed by atoms with E-state index in [9.17, 15) is 0 Å². The van der Waals surface area contributed by atoms with Gasteiger partial charge in [0.05, 0.1) is 0 Å². The topological polar surface area (TPSA) is 49.8 Å². The van der Waals surface area contributed by atoms with E-state index < -0.39 is 0 Å². The van der Waals surface area contributed by atoms with E-state index in [4.69, 9.17) is 11.6 Å². The summed E-state index contributed by atoms with van der Waals surface area (Å²) in [6, 6.07) is 1.75. The fraction of sp³-hybridized carbons (Fsp3) is 0.600. The van der Waals surface area contributed by atoms with Crippen molar-refractivity contribution in [3.8, 4) is 0 Å². The van der Waals surface area contributed by atoms with Gasteiger partial charge in [0.2, 0.25) is 0 Å². The highest BCUT2D eigenvalue weighted by Crippen LogP contribution is 2.12. The number of piperidine rings is 1. The Morgan fingerprint density at radius 2 is 2.47 bits per heavy atom.